The number of rotatable bonds is 6. The van der Waals surface area contributed by atoms with Gasteiger partial charge in [0.15, 0.2) is 0 Å². The number of aryl methyl sites for hydroxylation is 1. The number of aromatic nitrogens is 2. The molecule has 1 N–H and O–H groups in total. The van der Waals surface area contributed by atoms with E-state index in [1.165, 1.54) is 5.56 Å². The van der Waals surface area contributed by atoms with E-state index >= 15 is 0 Å². The molecule has 1 aromatic carbocycles. The number of benzene rings is 1. The van der Waals surface area contributed by atoms with Crippen LogP contribution in [0.15, 0.2) is 34.7 Å². The topological polar surface area (TPSA) is 54.4 Å². The second-order valence-corrected chi connectivity index (χ2v) is 6.02. The molecule has 0 aliphatic rings. The van der Waals surface area contributed by atoms with Crippen molar-refractivity contribution in [3.05, 3.63) is 53.0 Å². The molecule has 0 aliphatic heterocycles. The van der Waals surface area contributed by atoms with Crippen molar-refractivity contribution in [1.82, 2.24) is 14.7 Å². The van der Waals surface area contributed by atoms with Crippen LogP contribution in [-0.2, 0) is 19.6 Å². The number of hydrogen-bond acceptors (Lipinski definition) is 4. The lowest BCUT2D eigenvalue weighted by atomic mass is 10.2. The van der Waals surface area contributed by atoms with Crippen LogP contribution in [0.2, 0.25) is 0 Å². The van der Waals surface area contributed by atoms with E-state index in [-0.39, 0.29) is 6.61 Å². The molecule has 2 aromatic heterocycles. The molecule has 2 heterocycles. The van der Waals surface area contributed by atoms with Gasteiger partial charge in [-0.1, -0.05) is 18.2 Å². The molecule has 0 atom stereocenters. The first-order chi connectivity index (χ1) is 11.1. The molecule has 0 amide bonds. The average Bonchev–Trinajstić information content (AvgIpc) is 3.03. The Morgan fingerprint density at radius 3 is 2.74 bits per heavy atom. The van der Waals surface area contributed by atoms with Gasteiger partial charge in [-0.3, -0.25) is 9.58 Å². The predicted molar refractivity (Wildman–Crippen MR) is 90.2 cm³/mol. The maximum absolute atomic E-state index is 9.11. The Labute approximate surface area is 136 Å². The van der Waals surface area contributed by atoms with Crippen molar-refractivity contribution in [1.29, 1.82) is 0 Å². The van der Waals surface area contributed by atoms with Crippen molar-refractivity contribution in [2.75, 3.05) is 13.7 Å². The van der Waals surface area contributed by atoms with Crippen LogP contribution in [0.4, 0.5) is 0 Å². The molecule has 0 saturated carbocycles. The smallest absolute Gasteiger partial charge is 0.134 e. The highest BCUT2D eigenvalue weighted by molar-refractivity contribution is 5.77. The van der Waals surface area contributed by atoms with Gasteiger partial charge < -0.3 is 9.52 Å². The number of furan rings is 1. The average molecular weight is 313 g/mol. The van der Waals surface area contributed by atoms with Gasteiger partial charge in [-0.25, -0.2) is 0 Å². The molecule has 23 heavy (non-hydrogen) atoms. The Kier molecular flexibility index (Phi) is 4.50. The summed E-state index contributed by atoms with van der Waals surface area (Å²) < 4.78 is 7.76. The Morgan fingerprint density at radius 1 is 1.22 bits per heavy atom. The van der Waals surface area contributed by atoms with E-state index in [9.17, 15) is 0 Å². The summed E-state index contributed by atoms with van der Waals surface area (Å²) >= 11 is 0. The number of hydrogen-bond donors (Lipinski definition) is 1. The number of para-hydroxylation sites is 1. The molecule has 0 unspecified atom stereocenters. The molecule has 0 radical (unpaired) electrons. The lowest BCUT2D eigenvalue weighted by Crippen LogP contribution is -2.18. The number of fused-ring (bicyclic) bond motifs is 1. The van der Waals surface area contributed by atoms with E-state index in [1.807, 2.05) is 29.8 Å². The summed E-state index contributed by atoms with van der Waals surface area (Å²) in [4.78, 5) is 2.22. The molecule has 5 nitrogen and oxygen atoms in total. The molecule has 0 aliphatic carbocycles. The highest BCUT2D eigenvalue weighted by Crippen LogP contribution is 2.21. The zero-order valence-corrected chi connectivity index (χ0v) is 13.9. The van der Waals surface area contributed by atoms with E-state index in [4.69, 9.17) is 9.52 Å². The SMILES string of the molecule is Cc1nn(CCO)c(C)c1CN(C)Cc1cc2ccccc2o1. The number of nitrogens with zero attached hydrogens (tertiary/aromatic N) is 3. The van der Waals surface area contributed by atoms with E-state index in [2.05, 4.69) is 36.1 Å². The summed E-state index contributed by atoms with van der Waals surface area (Å²) in [5.41, 5.74) is 4.29. The van der Waals surface area contributed by atoms with Gasteiger partial charge >= 0.3 is 0 Å². The molecule has 3 aromatic rings. The van der Waals surface area contributed by atoms with Crippen LogP contribution in [0.3, 0.4) is 0 Å². The van der Waals surface area contributed by atoms with Gasteiger partial charge in [-0.2, -0.15) is 5.10 Å². The van der Waals surface area contributed by atoms with Crippen molar-refractivity contribution in [3.8, 4) is 0 Å². The summed E-state index contributed by atoms with van der Waals surface area (Å²) in [6.07, 6.45) is 0. The first kappa shape index (κ1) is 15.8. The van der Waals surface area contributed by atoms with Crippen LogP contribution in [0.1, 0.15) is 22.7 Å². The van der Waals surface area contributed by atoms with E-state index in [0.29, 0.717) is 6.54 Å². The largest absolute Gasteiger partial charge is 0.460 e. The van der Waals surface area contributed by atoms with E-state index in [0.717, 1.165) is 41.2 Å². The molecule has 0 spiro atoms. The minimum atomic E-state index is 0.107. The lowest BCUT2D eigenvalue weighted by Gasteiger charge is -2.15. The summed E-state index contributed by atoms with van der Waals surface area (Å²) in [6, 6.07) is 10.2. The Balaban J connectivity index is 1.73. The predicted octanol–water partition coefficient (Wildman–Crippen LogP) is 2.87. The van der Waals surface area contributed by atoms with Gasteiger partial charge in [-0.15, -0.1) is 0 Å². The Bertz CT molecular complexity index is 771. The quantitative estimate of drug-likeness (QED) is 0.760. The third-order valence-corrected chi connectivity index (χ3v) is 4.17. The Morgan fingerprint density at radius 2 is 2.00 bits per heavy atom. The van der Waals surface area contributed by atoms with E-state index in [1.54, 1.807) is 0 Å². The van der Waals surface area contributed by atoms with Crippen LogP contribution in [-0.4, -0.2) is 33.4 Å². The van der Waals surface area contributed by atoms with Crippen molar-refractivity contribution >= 4 is 11.0 Å². The fourth-order valence-corrected chi connectivity index (χ4v) is 2.98. The third kappa shape index (κ3) is 3.30. The summed E-state index contributed by atoms with van der Waals surface area (Å²) in [7, 11) is 2.08. The second kappa shape index (κ2) is 6.56. The highest BCUT2D eigenvalue weighted by atomic mass is 16.3. The van der Waals surface area contributed by atoms with Crippen molar-refractivity contribution in [2.24, 2.45) is 0 Å². The zero-order valence-electron chi connectivity index (χ0n) is 13.9. The summed E-state index contributed by atoms with van der Waals surface area (Å²) in [5, 5.41) is 14.7. The molecular formula is C18H23N3O2. The van der Waals surface area contributed by atoms with Crippen molar-refractivity contribution in [2.45, 2.75) is 33.5 Å². The lowest BCUT2D eigenvalue weighted by molar-refractivity contribution is 0.267. The number of aliphatic hydroxyl groups excluding tert-OH is 1. The third-order valence-electron chi connectivity index (χ3n) is 4.17. The summed E-state index contributed by atoms with van der Waals surface area (Å²) in [5.74, 6) is 0.965. The monoisotopic (exact) mass is 313 g/mol. The van der Waals surface area contributed by atoms with Gasteiger partial charge in [0, 0.05) is 23.2 Å². The molecule has 5 heteroatoms. The fraction of sp³-hybridized carbons (Fsp3) is 0.389. The van der Waals surface area contributed by atoms with Gasteiger partial charge in [-0.05, 0) is 33.0 Å². The fourth-order valence-electron chi connectivity index (χ4n) is 2.98. The van der Waals surface area contributed by atoms with Crippen LogP contribution >= 0.6 is 0 Å². The van der Waals surface area contributed by atoms with Gasteiger partial charge in [0.05, 0.1) is 25.4 Å². The zero-order chi connectivity index (χ0) is 16.4. The number of aliphatic hydroxyl groups is 1. The first-order valence-corrected chi connectivity index (χ1v) is 7.88. The Hall–Kier alpha value is -2.11. The molecule has 122 valence electrons. The van der Waals surface area contributed by atoms with Gasteiger partial charge in [0.25, 0.3) is 0 Å². The van der Waals surface area contributed by atoms with Crippen LogP contribution in [0.5, 0.6) is 0 Å². The van der Waals surface area contributed by atoms with Gasteiger partial charge in [0.1, 0.15) is 11.3 Å². The van der Waals surface area contributed by atoms with Crippen LogP contribution in [0, 0.1) is 13.8 Å². The molecule has 3 rings (SSSR count). The minimum Gasteiger partial charge on any atom is -0.460 e. The van der Waals surface area contributed by atoms with E-state index < -0.39 is 0 Å². The maximum atomic E-state index is 9.11. The van der Waals surface area contributed by atoms with Crippen molar-refractivity contribution < 1.29 is 9.52 Å². The molecule has 0 fully saturated rings. The molecule has 0 bridgehead atoms. The first-order valence-electron chi connectivity index (χ1n) is 7.88. The maximum Gasteiger partial charge on any atom is 0.134 e. The molecular weight excluding hydrogens is 290 g/mol. The van der Waals surface area contributed by atoms with Crippen LogP contribution in [0.25, 0.3) is 11.0 Å². The minimum absolute atomic E-state index is 0.107. The van der Waals surface area contributed by atoms with Crippen molar-refractivity contribution in [3.63, 3.8) is 0 Å². The summed E-state index contributed by atoms with van der Waals surface area (Å²) in [6.45, 7) is 6.28. The highest BCUT2D eigenvalue weighted by Gasteiger charge is 2.14. The van der Waals surface area contributed by atoms with Gasteiger partial charge in [0.2, 0.25) is 0 Å². The normalized spacial score (nSPS) is 11.7. The molecule has 0 saturated heterocycles. The standard InChI is InChI=1S/C18H23N3O2/c1-13-17(14(2)21(19-13)8-9-22)12-20(3)11-16-10-15-6-4-5-7-18(15)23-16/h4-7,10,22H,8-9,11-12H2,1-3H3. The second-order valence-electron chi connectivity index (χ2n) is 6.02. The van der Waals surface area contributed by atoms with Crippen LogP contribution < -0.4 is 0 Å².